The molecular formula is C18H17ClN2O3S. The fraction of sp³-hybridized carbons (Fsp3) is 0.222. The van der Waals surface area contributed by atoms with E-state index in [4.69, 9.17) is 16.3 Å². The first-order valence-electron chi connectivity index (χ1n) is 7.90. The van der Waals surface area contributed by atoms with Crippen LogP contribution in [0.5, 0.6) is 5.75 Å². The van der Waals surface area contributed by atoms with Gasteiger partial charge in [0, 0.05) is 17.8 Å². The number of amides is 1. The van der Waals surface area contributed by atoms with Crippen molar-refractivity contribution in [3.8, 4) is 5.75 Å². The van der Waals surface area contributed by atoms with E-state index in [0.29, 0.717) is 35.2 Å². The van der Waals surface area contributed by atoms with E-state index >= 15 is 0 Å². The second-order valence-electron chi connectivity index (χ2n) is 5.33. The van der Waals surface area contributed by atoms with Gasteiger partial charge in [-0.05, 0) is 50.2 Å². The fourth-order valence-electron chi connectivity index (χ4n) is 2.56. The molecule has 130 valence electrons. The lowest BCUT2D eigenvalue weighted by Crippen LogP contribution is -2.12. The van der Waals surface area contributed by atoms with Gasteiger partial charge in [0.2, 0.25) is 0 Å². The largest absolute Gasteiger partial charge is 0.492 e. The van der Waals surface area contributed by atoms with Crippen LogP contribution >= 0.6 is 22.9 Å². The molecule has 1 amide bonds. The summed E-state index contributed by atoms with van der Waals surface area (Å²) in [5.41, 5.74) is 1.94. The number of halogens is 1. The summed E-state index contributed by atoms with van der Waals surface area (Å²) in [6, 6.07) is 10.4. The van der Waals surface area contributed by atoms with E-state index in [1.165, 1.54) is 11.3 Å². The molecule has 0 bridgehead atoms. The van der Waals surface area contributed by atoms with Gasteiger partial charge in [-0.1, -0.05) is 22.9 Å². The average molecular weight is 377 g/mol. The summed E-state index contributed by atoms with van der Waals surface area (Å²) >= 11 is 7.30. The van der Waals surface area contributed by atoms with Crippen molar-refractivity contribution in [3.05, 3.63) is 56.7 Å². The molecule has 0 unspecified atom stereocenters. The van der Waals surface area contributed by atoms with Crippen molar-refractivity contribution in [2.75, 3.05) is 11.9 Å². The van der Waals surface area contributed by atoms with Crippen LogP contribution in [0.25, 0.3) is 10.2 Å². The van der Waals surface area contributed by atoms with Crippen LogP contribution in [0.15, 0.2) is 41.2 Å². The third-order valence-corrected chi connectivity index (χ3v) is 4.97. The molecule has 0 saturated heterocycles. The number of hydrogen-bond donors (Lipinski definition) is 1. The first kappa shape index (κ1) is 17.5. The molecule has 1 aromatic heterocycles. The molecular weight excluding hydrogens is 360 g/mol. The summed E-state index contributed by atoms with van der Waals surface area (Å²) in [7, 11) is 0. The number of fused-ring (bicyclic) bond motifs is 1. The number of anilines is 1. The average Bonchev–Trinajstić information content (AvgIpc) is 2.91. The van der Waals surface area contributed by atoms with Crippen LogP contribution in [0.2, 0.25) is 5.02 Å². The Morgan fingerprint density at radius 2 is 2.04 bits per heavy atom. The van der Waals surface area contributed by atoms with Crippen LogP contribution < -0.4 is 14.9 Å². The van der Waals surface area contributed by atoms with Gasteiger partial charge in [-0.2, -0.15) is 0 Å². The molecule has 0 fully saturated rings. The van der Waals surface area contributed by atoms with Crippen LogP contribution in [0.4, 0.5) is 5.69 Å². The number of ether oxygens (including phenoxy) is 1. The molecule has 25 heavy (non-hydrogen) atoms. The van der Waals surface area contributed by atoms with E-state index in [9.17, 15) is 9.59 Å². The Kier molecular flexibility index (Phi) is 5.11. The van der Waals surface area contributed by atoms with Gasteiger partial charge < -0.3 is 10.1 Å². The summed E-state index contributed by atoms with van der Waals surface area (Å²) < 4.78 is 7.92. The second kappa shape index (κ2) is 7.29. The second-order valence-corrected chi connectivity index (χ2v) is 6.73. The fourth-order valence-corrected chi connectivity index (χ4v) is 3.79. The Morgan fingerprint density at radius 1 is 1.24 bits per heavy atom. The number of hydrogen-bond acceptors (Lipinski definition) is 4. The van der Waals surface area contributed by atoms with Crippen LogP contribution in [0, 0.1) is 0 Å². The van der Waals surface area contributed by atoms with E-state index in [1.807, 2.05) is 26.0 Å². The smallest absolute Gasteiger partial charge is 0.308 e. The molecule has 0 atom stereocenters. The first-order chi connectivity index (χ1) is 12.0. The summed E-state index contributed by atoms with van der Waals surface area (Å²) in [5, 5.41) is 3.22. The number of benzene rings is 2. The lowest BCUT2D eigenvalue weighted by molar-refractivity contribution is 0.102. The lowest BCUT2D eigenvalue weighted by Gasteiger charge is -2.09. The minimum absolute atomic E-state index is 0.000675. The van der Waals surface area contributed by atoms with Gasteiger partial charge in [0.25, 0.3) is 5.91 Å². The third kappa shape index (κ3) is 3.55. The minimum atomic E-state index is -0.272. The number of rotatable bonds is 5. The number of thiazole rings is 1. The predicted molar refractivity (Wildman–Crippen MR) is 102 cm³/mol. The summed E-state index contributed by atoms with van der Waals surface area (Å²) in [4.78, 5) is 24.3. The first-order valence-corrected chi connectivity index (χ1v) is 9.10. The molecule has 3 aromatic rings. The monoisotopic (exact) mass is 376 g/mol. The van der Waals surface area contributed by atoms with Crippen LogP contribution in [-0.2, 0) is 6.54 Å². The number of aromatic nitrogens is 1. The van der Waals surface area contributed by atoms with Gasteiger partial charge in [0.1, 0.15) is 5.75 Å². The molecule has 5 nitrogen and oxygen atoms in total. The molecule has 0 saturated carbocycles. The molecule has 3 rings (SSSR count). The Hall–Kier alpha value is -2.31. The summed E-state index contributed by atoms with van der Waals surface area (Å²) in [6.07, 6.45) is 0. The van der Waals surface area contributed by atoms with Crippen molar-refractivity contribution >= 4 is 44.7 Å². The number of carbonyl (C=O) groups is 1. The molecule has 7 heteroatoms. The molecule has 0 aliphatic carbocycles. The van der Waals surface area contributed by atoms with E-state index in [1.54, 1.807) is 28.8 Å². The van der Waals surface area contributed by atoms with Crippen molar-refractivity contribution < 1.29 is 9.53 Å². The van der Waals surface area contributed by atoms with Gasteiger partial charge in [-0.15, -0.1) is 0 Å². The van der Waals surface area contributed by atoms with E-state index in [2.05, 4.69) is 5.32 Å². The number of nitrogens with one attached hydrogen (secondary N) is 1. The van der Waals surface area contributed by atoms with E-state index in [-0.39, 0.29) is 10.8 Å². The molecule has 0 radical (unpaired) electrons. The molecule has 0 spiro atoms. The Morgan fingerprint density at radius 3 is 2.72 bits per heavy atom. The van der Waals surface area contributed by atoms with Crippen molar-refractivity contribution in [2.45, 2.75) is 20.4 Å². The van der Waals surface area contributed by atoms with Gasteiger partial charge in [0.05, 0.1) is 21.8 Å². The zero-order valence-electron chi connectivity index (χ0n) is 13.8. The maximum absolute atomic E-state index is 12.4. The number of nitrogens with zero attached hydrogens (tertiary/aromatic N) is 1. The normalized spacial score (nSPS) is 10.8. The van der Waals surface area contributed by atoms with E-state index < -0.39 is 0 Å². The molecule has 1 N–H and O–H groups in total. The standard InChI is InChI=1S/C18H17ClN2O3S/c1-3-21-14-7-6-12(10-16(14)25-18(21)23)20-17(22)11-5-8-15(24-4-2)13(19)9-11/h5-10H,3-4H2,1-2H3,(H,20,22). The number of carbonyl (C=O) groups excluding carboxylic acids is 1. The molecule has 0 aliphatic rings. The van der Waals surface area contributed by atoms with Crippen LogP contribution in [0.1, 0.15) is 24.2 Å². The number of aryl methyl sites for hydroxylation is 1. The SMILES string of the molecule is CCOc1ccc(C(=O)Nc2ccc3c(c2)sc(=O)n3CC)cc1Cl. The zero-order valence-corrected chi connectivity index (χ0v) is 15.4. The Labute approximate surface area is 153 Å². The van der Waals surface area contributed by atoms with Crippen LogP contribution in [-0.4, -0.2) is 17.1 Å². The third-order valence-electron chi connectivity index (χ3n) is 3.74. The molecule has 2 aromatic carbocycles. The zero-order chi connectivity index (χ0) is 18.0. The minimum Gasteiger partial charge on any atom is -0.492 e. The van der Waals surface area contributed by atoms with Crippen LogP contribution in [0.3, 0.4) is 0 Å². The van der Waals surface area contributed by atoms with Gasteiger partial charge >= 0.3 is 4.87 Å². The Bertz CT molecular complexity index is 994. The van der Waals surface area contributed by atoms with Crippen molar-refractivity contribution in [2.24, 2.45) is 0 Å². The highest BCUT2D eigenvalue weighted by atomic mass is 35.5. The highest BCUT2D eigenvalue weighted by Crippen LogP contribution is 2.26. The lowest BCUT2D eigenvalue weighted by atomic mass is 10.2. The topological polar surface area (TPSA) is 60.3 Å². The highest BCUT2D eigenvalue weighted by Gasteiger charge is 2.12. The van der Waals surface area contributed by atoms with Crippen molar-refractivity contribution in [3.63, 3.8) is 0 Å². The highest BCUT2D eigenvalue weighted by molar-refractivity contribution is 7.16. The maximum atomic E-state index is 12.4. The van der Waals surface area contributed by atoms with Crippen molar-refractivity contribution in [1.82, 2.24) is 4.57 Å². The van der Waals surface area contributed by atoms with E-state index in [0.717, 1.165) is 10.2 Å². The quantitative estimate of drug-likeness (QED) is 0.718. The van der Waals surface area contributed by atoms with Gasteiger partial charge in [0.15, 0.2) is 0 Å². The predicted octanol–water partition coefficient (Wildman–Crippen LogP) is 4.39. The van der Waals surface area contributed by atoms with Crippen molar-refractivity contribution in [1.29, 1.82) is 0 Å². The van der Waals surface area contributed by atoms with Gasteiger partial charge in [-0.3, -0.25) is 14.2 Å². The molecule has 1 heterocycles. The maximum Gasteiger partial charge on any atom is 0.308 e. The summed E-state index contributed by atoms with van der Waals surface area (Å²) in [6.45, 7) is 4.92. The summed E-state index contributed by atoms with van der Waals surface area (Å²) in [5.74, 6) is 0.277. The Balaban J connectivity index is 1.84. The van der Waals surface area contributed by atoms with Gasteiger partial charge in [-0.25, -0.2) is 0 Å². The molecule has 0 aliphatic heterocycles.